The first-order chi connectivity index (χ1) is 13.5. The lowest BCUT2D eigenvalue weighted by Crippen LogP contribution is -2.03. The fourth-order valence-corrected chi connectivity index (χ4v) is 3.61. The molecule has 0 saturated heterocycles. The third-order valence-corrected chi connectivity index (χ3v) is 5.36. The summed E-state index contributed by atoms with van der Waals surface area (Å²) in [6.45, 7) is 0. The third-order valence-electron chi connectivity index (χ3n) is 3.87. The van der Waals surface area contributed by atoms with Crippen molar-refractivity contribution in [2.75, 3.05) is 0 Å². The van der Waals surface area contributed by atoms with Gasteiger partial charge in [-0.3, -0.25) is 4.79 Å². The first kappa shape index (κ1) is 20.5. The fraction of sp³-hybridized carbons (Fsp3) is 0. The number of H-pyrrole nitrogens is 1. The molecule has 0 atom stereocenters. The van der Waals surface area contributed by atoms with Crippen LogP contribution in [0.4, 0.5) is 0 Å². The molecule has 140 valence electrons. The number of nitrogens with one attached hydrogen (secondary N) is 1. The van der Waals surface area contributed by atoms with Crippen LogP contribution in [0.25, 0.3) is 22.3 Å². The first-order valence-corrected chi connectivity index (χ1v) is 10.3. The Balaban J connectivity index is 0.000000161. The summed E-state index contributed by atoms with van der Waals surface area (Å²) in [5.74, 6) is 0. The molecule has 0 amide bonds. The number of nitrogens with zero attached hydrogens (tertiary/aromatic N) is 1. The molecule has 2 aromatic heterocycles. The Labute approximate surface area is 184 Å². The van der Waals surface area contributed by atoms with Gasteiger partial charge in [0.25, 0.3) is 0 Å². The number of pyridine rings is 2. The Morgan fingerprint density at radius 2 is 1.32 bits per heavy atom. The molecule has 2 heterocycles. The summed E-state index contributed by atoms with van der Waals surface area (Å²) < 4.78 is 1.84. The molecule has 0 aliphatic heterocycles. The van der Waals surface area contributed by atoms with Gasteiger partial charge in [0.2, 0.25) is 5.56 Å². The van der Waals surface area contributed by atoms with Crippen LogP contribution >= 0.6 is 43.5 Å². The Morgan fingerprint density at radius 1 is 0.786 bits per heavy atom. The van der Waals surface area contributed by atoms with Crippen molar-refractivity contribution in [3.8, 4) is 22.3 Å². The van der Waals surface area contributed by atoms with E-state index in [-0.39, 0.29) is 5.56 Å². The van der Waals surface area contributed by atoms with E-state index in [2.05, 4.69) is 41.8 Å². The lowest BCUT2D eigenvalue weighted by molar-refractivity contribution is 1.23. The smallest absolute Gasteiger partial charge is 0.248 e. The average Bonchev–Trinajstić information content (AvgIpc) is 2.73. The quantitative estimate of drug-likeness (QED) is 0.291. The second-order valence-corrected chi connectivity index (χ2v) is 7.87. The highest BCUT2D eigenvalue weighted by molar-refractivity contribution is 9.11. The summed E-state index contributed by atoms with van der Waals surface area (Å²) in [7, 11) is 0. The number of aromatic amines is 1. The Kier molecular flexibility index (Phi) is 7.20. The van der Waals surface area contributed by atoms with Crippen LogP contribution in [0, 0.1) is 0 Å². The van der Waals surface area contributed by atoms with Gasteiger partial charge < -0.3 is 4.98 Å². The molecule has 0 radical (unpaired) electrons. The van der Waals surface area contributed by atoms with Gasteiger partial charge in [0.15, 0.2) is 0 Å². The van der Waals surface area contributed by atoms with Crippen LogP contribution in [0.15, 0.2) is 98.9 Å². The molecule has 3 nitrogen and oxygen atoms in total. The first-order valence-electron chi connectivity index (χ1n) is 8.34. The molecule has 4 rings (SSSR count). The molecule has 6 heteroatoms. The number of benzene rings is 2. The minimum absolute atomic E-state index is 0.0907. The van der Waals surface area contributed by atoms with Crippen LogP contribution in [0.2, 0.25) is 5.15 Å². The van der Waals surface area contributed by atoms with E-state index >= 15 is 0 Å². The van der Waals surface area contributed by atoms with Gasteiger partial charge in [-0.25, -0.2) is 4.98 Å². The van der Waals surface area contributed by atoms with Crippen molar-refractivity contribution < 1.29 is 0 Å². The molecule has 4 aromatic rings. The standard InChI is InChI=1S/C11H7BrClN.C11H8BrNO/c12-10-7-14-11(13)6-9(10)8-4-2-1-3-5-8;12-10-7-13-11(14)6-9(10)8-4-2-1-3-5-8/h1-7H;1-7H,(H,13,14). The summed E-state index contributed by atoms with van der Waals surface area (Å²) in [4.78, 5) is 17.7. The van der Waals surface area contributed by atoms with E-state index < -0.39 is 0 Å². The van der Waals surface area contributed by atoms with E-state index in [0.717, 1.165) is 31.2 Å². The van der Waals surface area contributed by atoms with Gasteiger partial charge in [0.1, 0.15) is 5.15 Å². The van der Waals surface area contributed by atoms with Gasteiger partial charge in [0.05, 0.1) is 0 Å². The zero-order valence-corrected chi connectivity index (χ0v) is 18.5. The summed E-state index contributed by atoms with van der Waals surface area (Å²) in [6.07, 6.45) is 3.37. The van der Waals surface area contributed by atoms with Gasteiger partial charge in [-0.1, -0.05) is 72.3 Å². The Bertz CT molecular complexity index is 1120. The van der Waals surface area contributed by atoms with Gasteiger partial charge >= 0.3 is 0 Å². The second-order valence-electron chi connectivity index (χ2n) is 5.78. The molecular weight excluding hydrogens is 504 g/mol. The largest absolute Gasteiger partial charge is 0.328 e. The molecule has 0 saturated carbocycles. The zero-order valence-electron chi connectivity index (χ0n) is 14.6. The lowest BCUT2D eigenvalue weighted by atomic mass is 10.1. The molecule has 2 aromatic carbocycles. The van der Waals surface area contributed by atoms with E-state index in [1.807, 2.05) is 66.7 Å². The summed E-state index contributed by atoms with van der Waals surface area (Å²) in [5, 5.41) is 0.507. The van der Waals surface area contributed by atoms with Crippen molar-refractivity contribution >= 4 is 43.5 Å². The number of rotatable bonds is 2. The maximum Gasteiger partial charge on any atom is 0.248 e. The highest BCUT2D eigenvalue weighted by Gasteiger charge is 2.04. The SMILES string of the molecule is Clc1cc(-c2ccccc2)c(Br)cn1.O=c1cc(-c2ccccc2)c(Br)c[nH]1. The van der Waals surface area contributed by atoms with Crippen LogP contribution in [0.3, 0.4) is 0 Å². The van der Waals surface area contributed by atoms with Crippen molar-refractivity contribution in [1.82, 2.24) is 9.97 Å². The van der Waals surface area contributed by atoms with Gasteiger partial charge in [-0.2, -0.15) is 0 Å². The Hall–Kier alpha value is -2.21. The second kappa shape index (κ2) is 9.82. The fourth-order valence-electron chi connectivity index (χ4n) is 2.55. The van der Waals surface area contributed by atoms with Crippen LogP contribution in [-0.4, -0.2) is 9.97 Å². The normalized spacial score (nSPS) is 10.1. The molecule has 0 fully saturated rings. The van der Waals surface area contributed by atoms with Crippen molar-refractivity contribution in [3.05, 3.63) is 110 Å². The van der Waals surface area contributed by atoms with E-state index in [4.69, 9.17) is 11.6 Å². The van der Waals surface area contributed by atoms with Gasteiger partial charge in [-0.05, 0) is 49.1 Å². The molecular formula is C22H15Br2ClN2O. The number of halogens is 3. The molecule has 28 heavy (non-hydrogen) atoms. The van der Waals surface area contributed by atoms with Crippen LogP contribution in [0.5, 0.6) is 0 Å². The maximum atomic E-state index is 11.1. The molecule has 1 N–H and O–H groups in total. The van der Waals surface area contributed by atoms with Crippen LogP contribution in [0.1, 0.15) is 0 Å². The van der Waals surface area contributed by atoms with E-state index in [1.165, 1.54) is 0 Å². The van der Waals surface area contributed by atoms with Gasteiger partial charge in [-0.15, -0.1) is 0 Å². The maximum absolute atomic E-state index is 11.1. The summed E-state index contributed by atoms with van der Waals surface area (Å²) >= 11 is 12.7. The van der Waals surface area contributed by atoms with Crippen LogP contribution < -0.4 is 5.56 Å². The van der Waals surface area contributed by atoms with Crippen molar-refractivity contribution in [2.24, 2.45) is 0 Å². The minimum atomic E-state index is -0.0907. The minimum Gasteiger partial charge on any atom is -0.328 e. The number of aromatic nitrogens is 2. The van der Waals surface area contributed by atoms with Gasteiger partial charge in [0, 0.05) is 38.5 Å². The highest BCUT2D eigenvalue weighted by Crippen LogP contribution is 2.29. The van der Waals surface area contributed by atoms with E-state index in [1.54, 1.807) is 18.5 Å². The average molecular weight is 519 g/mol. The van der Waals surface area contributed by atoms with Crippen LogP contribution in [-0.2, 0) is 0 Å². The predicted molar refractivity (Wildman–Crippen MR) is 123 cm³/mol. The molecule has 0 bridgehead atoms. The number of hydrogen-bond donors (Lipinski definition) is 1. The predicted octanol–water partition coefficient (Wildman–Crippen LogP) is 6.97. The number of hydrogen-bond acceptors (Lipinski definition) is 2. The highest BCUT2D eigenvalue weighted by atomic mass is 79.9. The van der Waals surface area contributed by atoms with Crippen molar-refractivity contribution in [2.45, 2.75) is 0 Å². The monoisotopic (exact) mass is 516 g/mol. The third kappa shape index (κ3) is 5.41. The molecule has 0 spiro atoms. The molecule has 0 unspecified atom stereocenters. The molecule has 0 aliphatic carbocycles. The molecule has 0 aliphatic rings. The van der Waals surface area contributed by atoms with E-state index in [0.29, 0.717) is 5.15 Å². The van der Waals surface area contributed by atoms with Crippen molar-refractivity contribution in [3.63, 3.8) is 0 Å². The Morgan fingerprint density at radius 3 is 1.89 bits per heavy atom. The summed E-state index contributed by atoms with van der Waals surface area (Å²) in [5.41, 5.74) is 4.04. The lowest BCUT2D eigenvalue weighted by Gasteiger charge is -2.03. The van der Waals surface area contributed by atoms with Crippen molar-refractivity contribution in [1.29, 1.82) is 0 Å². The summed E-state index contributed by atoms with van der Waals surface area (Å²) in [6, 6.07) is 23.3. The zero-order chi connectivity index (χ0) is 19.9. The van der Waals surface area contributed by atoms with E-state index in [9.17, 15) is 4.79 Å². The topological polar surface area (TPSA) is 45.8 Å².